The van der Waals surface area contributed by atoms with Crippen molar-refractivity contribution in [3.63, 3.8) is 0 Å². The molecule has 1 heterocycles. The molecular formula is C20H28ClN3O5. The van der Waals surface area contributed by atoms with Crippen molar-refractivity contribution in [1.29, 1.82) is 0 Å². The molecule has 1 aromatic heterocycles. The van der Waals surface area contributed by atoms with Crippen molar-refractivity contribution in [2.75, 3.05) is 41.4 Å². The number of pyridine rings is 1. The number of nitrogens with zero attached hydrogens (tertiary/aromatic N) is 2. The van der Waals surface area contributed by atoms with E-state index in [-0.39, 0.29) is 30.3 Å². The summed E-state index contributed by atoms with van der Waals surface area (Å²) in [6.45, 7) is 5.03. The predicted octanol–water partition coefficient (Wildman–Crippen LogP) is 2.01. The molecule has 8 nitrogen and oxygen atoms in total. The second-order valence-electron chi connectivity index (χ2n) is 6.57. The number of ether oxygens (including phenoxy) is 2. The van der Waals surface area contributed by atoms with Crippen molar-refractivity contribution in [2.45, 2.75) is 13.0 Å². The smallest absolute Gasteiger partial charge is 0.268 e. The lowest BCUT2D eigenvalue weighted by molar-refractivity contribution is 0.0948. The standard InChI is InChI=1S/C20H27N3O5.ClH/c1-6-9-23-14-12-16(28-5)15(27-4)11-13(14)18(24)17(20(23)26)19(25)21-8-7-10-22(2)3;/h6,11-12,24H,1,7-10H2,2-5H3,(H,21,25);1H. The molecule has 0 atom stereocenters. The number of nitrogens with one attached hydrogen (secondary N) is 1. The number of halogens is 1. The molecule has 1 amide bonds. The van der Waals surface area contributed by atoms with Crippen molar-refractivity contribution in [1.82, 2.24) is 14.8 Å². The average Bonchev–Trinajstić information content (AvgIpc) is 2.67. The van der Waals surface area contributed by atoms with Crippen LogP contribution in [0, 0.1) is 0 Å². The van der Waals surface area contributed by atoms with Crippen LogP contribution in [0.15, 0.2) is 29.6 Å². The highest BCUT2D eigenvalue weighted by molar-refractivity contribution is 6.03. The summed E-state index contributed by atoms with van der Waals surface area (Å²) in [5, 5.41) is 13.7. The molecule has 2 aromatic rings. The number of aromatic nitrogens is 1. The number of aromatic hydroxyl groups is 1. The van der Waals surface area contributed by atoms with E-state index in [9.17, 15) is 14.7 Å². The summed E-state index contributed by atoms with van der Waals surface area (Å²) in [6.07, 6.45) is 2.27. The zero-order valence-corrected chi connectivity index (χ0v) is 18.0. The Bertz CT molecular complexity index is 940. The minimum absolute atomic E-state index is 0. The molecule has 0 saturated carbocycles. The lowest BCUT2D eigenvalue weighted by atomic mass is 10.1. The van der Waals surface area contributed by atoms with E-state index >= 15 is 0 Å². The van der Waals surface area contributed by atoms with Crippen molar-refractivity contribution < 1.29 is 19.4 Å². The maximum Gasteiger partial charge on any atom is 0.268 e. The van der Waals surface area contributed by atoms with E-state index in [4.69, 9.17) is 9.47 Å². The number of carbonyl (C=O) groups excluding carboxylic acids is 1. The first-order chi connectivity index (χ1) is 13.3. The highest BCUT2D eigenvalue weighted by atomic mass is 35.5. The molecule has 0 aliphatic carbocycles. The number of benzene rings is 1. The van der Waals surface area contributed by atoms with Gasteiger partial charge in [-0.3, -0.25) is 9.59 Å². The van der Waals surface area contributed by atoms with Gasteiger partial charge in [0, 0.05) is 24.5 Å². The van der Waals surface area contributed by atoms with Crippen LogP contribution in [-0.2, 0) is 6.54 Å². The lowest BCUT2D eigenvalue weighted by Crippen LogP contribution is -2.34. The van der Waals surface area contributed by atoms with E-state index in [2.05, 4.69) is 11.9 Å². The van der Waals surface area contributed by atoms with Crippen molar-refractivity contribution >= 4 is 29.2 Å². The van der Waals surface area contributed by atoms with E-state index in [1.165, 1.54) is 18.8 Å². The zero-order valence-electron chi connectivity index (χ0n) is 17.2. The Morgan fingerprint density at radius 2 is 1.90 bits per heavy atom. The van der Waals surface area contributed by atoms with Crippen molar-refractivity contribution in [3.8, 4) is 17.2 Å². The van der Waals surface area contributed by atoms with Crippen LogP contribution in [0.4, 0.5) is 0 Å². The highest BCUT2D eigenvalue weighted by Crippen LogP contribution is 2.36. The fourth-order valence-electron chi connectivity index (χ4n) is 2.96. The molecule has 0 radical (unpaired) electrons. The van der Waals surface area contributed by atoms with Crippen LogP contribution >= 0.6 is 12.4 Å². The Labute approximate surface area is 176 Å². The van der Waals surface area contributed by atoms with Crippen LogP contribution in [0.1, 0.15) is 16.8 Å². The van der Waals surface area contributed by atoms with E-state index in [1.807, 2.05) is 19.0 Å². The molecule has 1 aromatic carbocycles. The van der Waals surface area contributed by atoms with Gasteiger partial charge in [-0.2, -0.15) is 0 Å². The van der Waals surface area contributed by atoms with Gasteiger partial charge in [0.2, 0.25) is 0 Å². The van der Waals surface area contributed by atoms with Gasteiger partial charge in [-0.05, 0) is 33.1 Å². The molecule has 0 bridgehead atoms. The first-order valence-corrected chi connectivity index (χ1v) is 8.91. The third-order valence-corrected chi connectivity index (χ3v) is 4.35. The van der Waals surface area contributed by atoms with Gasteiger partial charge in [0.25, 0.3) is 11.5 Å². The molecule has 0 spiro atoms. The summed E-state index contributed by atoms with van der Waals surface area (Å²) in [5.41, 5.74) is -0.474. The van der Waals surface area contributed by atoms with Gasteiger partial charge < -0.3 is 29.4 Å². The molecule has 0 aliphatic heterocycles. The number of hydrogen-bond donors (Lipinski definition) is 2. The maximum absolute atomic E-state index is 12.9. The van der Waals surface area contributed by atoms with Gasteiger partial charge in [0.15, 0.2) is 11.5 Å². The normalized spacial score (nSPS) is 10.5. The average molecular weight is 426 g/mol. The molecular weight excluding hydrogens is 398 g/mol. The van der Waals surface area contributed by atoms with Gasteiger partial charge in [-0.1, -0.05) is 6.08 Å². The topological polar surface area (TPSA) is 93.0 Å². The van der Waals surface area contributed by atoms with Gasteiger partial charge in [-0.15, -0.1) is 19.0 Å². The van der Waals surface area contributed by atoms with Crippen molar-refractivity contribution in [3.05, 3.63) is 40.7 Å². The number of carbonyl (C=O) groups is 1. The van der Waals surface area contributed by atoms with E-state index in [0.29, 0.717) is 28.9 Å². The van der Waals surface area contributed by atoms with Crippen LogP contribution in [0.2, 0.25) is 0 Å². The van der Waals surface area contributed by atoms with Gasteiger partial charge >= 0.3 is 0 Å². The molecule has 0 fully saturated rings. The van der Waals surface area contributed by atoms with Crippen molar-refractivity contribution in [2.24, 2.45) is 0 Å². The molecule has 9 heteroatoms. The summed E-state index contributed by atoms with van der Waals surface area (Å²) in [6, 6.07) is 3.14. The molecule has 0 unspecified atom stereocenters. The Kier molecular flexibility index (Phi) is 9.00. The molecule has 2 rings (SSSR count). The van der Waals surface area contributed by atoms with Gasteiger partial charge in [0.1, 0.15) is 11.3 Å². The monoisotopic (exact) mass is 425 g/mol. The Hall–Kier alpha value is -2.71. The third kappa shape index (κ3) is 5.21. The summed E-state index contributed by atoms with van der Waals surface area (Å²) in [4.78, 5) is 27.6. The number of amides is 1. The number of methoxy groups -OCH3 is 2. The summed E-state index contributed by atoms with van der Waals surface area (Å²) in [7, 11) is 6.83. The first-order valence-electron chi connectivity index (χ1n) is 8.91. The quantitative estimate of drug-likeness (QED) is 0.471. The van der Waals surface area contributed by atoms with Gasteiger partial charge in [-0.25, -0.2) is 0 Å². The Morgan fingerprint density at radius 3 is 2.45 bits per heavy atom. The van der Waals surface area contributed by atoms with Crippen LogP contribution in [0.25, 0.3) is 10.9 Å². The zero-order chi connectivity index (χ0) is 20.8. The molecule has 29 heavy (non-hydrogen) atoms. The molecule has 0 aliphatic rings. The van der Waals surface area contributed by atoms with Crippen LogP contribution in [-0.4, -0.2) is 61.9 Å². The minimum atomic E-state index is -0.615. The Balaban J connectivity index is 0.00000420. The first kappa shape index (κ1) is 24.3. The molecule has 2 N–H and O–H groups in total. The van der Waals surface area contributed by atoms with E-state index in [0.717, 1.165) is 13.0 Å². The second kappa shape index (κ2) is 10.7. The Morgan fingerprint density at radius 1 is 1.28 bits per heavy atom. The maximum atomic E-state index is 12.9. The van der Waals surface area contributed by atoms with Crippen LogP contribution in [0.3, 0.4) is 0 Å². The van der Waals surface area contributed by atoms with Crippen LogP contribution in [0.5, 0.6) is 17.2 Å². The largest absolute Gasteiger partial charge is 0.506 e. The van der Waals surface area contributed by atoms with E-state index in [1.54, 1.807) is 18.2 Å². The van der Waals surface area contributed by atoms with Crippen LogP contribution < -0.4 is 20.3 Å². The fourth-order valence-corrected chi connectivity index (χ4v) is 2.96. The SMILES string of the molecule is C=CCn1c(=O)c(C(=O)NCCCN(C)C)c(O)c2cc(OC)c(OC)cc21.Cl. The molecule has 0 saturated heterocycles. The number of rotatable bonds is 9. The lowest BCUT2D eigenvalue weighted by Gasteiger charge is -2.16. The summed E-state index contributed by atoms with van der Waals surface area (Å²) < 4.78 is 11.9. The summed E-state index contributed by atoms with van der Waals surface area (Å²) in [5.74, 6) is -0.207. The fraction of sp³-hybridized carbons (Fsp3) is 0.400. The second-order valence-corrected chi connectivity index (χ2v) is 6.57. The number of fused-ring (bicyclic) bond motifs is 1. The third-order valence-electron chi connectivity index (χ3n) is 4.35. The summed E-state index contributed by atoms with van der Waals surface area (Å²) >= 11 is 0. The predicted molar refractivity (Wildman–Crippen MR) is 116 cm³/mol. The number of hydrogen-bond acceptors (Lipinski definition) is 6. The van der Waals surface area contributed by atoms with E-state index < -0.39 is 11.5 Å². The minimum Gasteiger partial charge on any atom is -0.506 e. The highest BCUT2D eigenvalue weighted by Gasteiger charge is 2.23. The number of allylic oxidation sites excluding steroid dienone is 1. The van der Waals surface area contributed by atoms with Gasteiger partial charge in [0.05, 0.1) is 19.7 Å². The molecule has 160 valence electrons.